The molecule has 2 atom stereocenters. The van der Waals surface area contributed by atoms with Crippen molar-refractivity contribution in [2.75, 3.05) is 6.61 Å². The van der Waals surface area contributed by atoms with Crippen molar-refractivity contribution in [2.45, 2.75) is 50.3 Å². The van der Waals surface area contributed by atoms with Crippen molar-refractivity contribution in [1.82, 2.24) is 10.6 Å². The van der Waals surface area contributed by atoms with E-state index in [0.29, 0.717) is 32.3 Å². The van der Waals surface area contributed by atoms with E-state index in [9.17, 15) is 9.59 Å². The first-order valence-corrected chi connectivity index (χ1v) is 8.60. The number of rotatable bonds is 4. The van der Waals surface area contributed by atoms with Gasteiger partial charge in [0.15, 0.2) is 0 Å². The van der Waals surface area contributed by atoms with Gasteiger partial charge in [-0.25, -0.2) is 4.79 Å². The van der Waals surface area contributed by atoms with Crippen LogP contribution in [0.1, 0.15) is 43.8 Å². The third-order valence-electron chi connectivity index (χ3n) is 4.95. The molecule has 1 aromatic rings. The lowest BCUT2D eigenvalue weighted by atomic mass is 9.86. The van der Waals surface area contributed by atoms with Crippen LogP contribution in [0.15, 0.2) is 30.3 Å². The zero-order chi connectivity index (χ0) is 16.9. The minimum absolute atomic E-state index is 0.0391. The van der Waals surface area contributed by atoms with Crippen molar-refractivity contribution in [1.29, 1.82) is 0 Å². The molecule has 2 aliphatic rings. The molecule has 1 saturated carbocycles. The fourth-order valence-electron chi connectivity index (χ4n) is 3.59. The van der Waals surface area contributed by atoms with Crippen molar-refractivity contribution in [2.24, 2.45) is 5.92 Å². The van der Waals surface area contributed by atoms with Gasteiger partial charge in [0.25, 0.3) is 0 Å². The average molecular weight is 332 g/mol. The molecule has 2 fully saturated rings. The predicted octanol–water partition coefficient (Wildman–Crippen LogP) is 2.46. The second-order valence-electron chi connectivity index (χ2n) is 6.60. The Balaban J connectivity index is 1.49. The van der Waals surface area contributed by atoms with Gasteiger partial charge in [-0.05, 0) is 37.7 Å². The lowest BCUT2D eigenvalue weighted by molar-refractivity contribution is -0.142. The minimum Gasteiger partial charge on any atom is -0.481 e. The molecule has 0 spiro atoms. The highest BCUT2D eigenvalue weighted by molar-refractivity contribution is 5.75. The monoisotopic (exact) mass is 332 g/mol. The number of benzene rings is 1. The molecule has 1 heterocycles. The van der Waals surface area contributed by atoms with E-state index in [0.717, 1.165) is 12.0 Å². The minimum atomic E-state index is -0.730. The van der Waals surface area contributed by atoms with Crippen molar-refractivity contribution in [3.05, 3.63) is 35.9 Å². The Hall–Kier alpha value is -2.08. The van der Waals surface area contributed by atoms with E-state index in [2.05, 4.69) is 10.6 Å². The van der Waals surface area contributed by atoms with Crippen LogP contribution in [0.4, 0.5) is 4.79 Å². The Morgan fingerprint density at radius 3 is 2.38 bits per heavy atom. The highest BCUT2D eigenvalue weighted by Crippen LogP contribution is 2.29. The van der Waals surface area contributed by atoms with Gasteiger partial charge < -0.3 is 20.5 Å². The quantitative estimate of drug-likeness (QED) is 0.790. The molecule has 1 aliphatic carbocycles. The summed E-state index contributed by atoms with van der Waals surface area (Å²) in [6, 6.07) is 9.74. The SMILES string of the molecule is O=C(NC1CCC(C(=O)O)CC1)NC1CCOC1c1ccccc1. The number of hydrogen-bond donors (Lipinski definition) is 3. The number of urea groups is 1. The molecule has 130 valence electrons. The Bertz CT molecular complexity index is 570. The van der Waals surface area contributed by atoms with E-state index < -0.39 is 5.97 Å². The van der Waals surface area contributed by atoms with E-state index >= 15 is 0 Å². The van der Waals surface area contributed by atoms with Crippen LogP contribution in [0.25, 0.3) is 0 Å². The van der Waals surface area contributed by atoms with E-state index in [-0.39, 0.29) is 30.1 Å². The number of amides is 2. The molecule has 3 N–H and O–H groups in total. The Morgan fingerprint density at radius 1 is 1.00 bits per heavy atom. The molecular weight excluding hydrogens is 308 g/mol. The first-order chi connectivity index (χ1) is 11.6. The fraction of sp³-hybridized carbons (Fsp3) is 0.556. The lowest BCUT2D eigenvalue weighted by Gasteiger charge is -2.28. The molecule has 1 aromatic carbocycles. The molecule has 2 amide bonds. The van der Waals surface area contributed by atoms with Gasteiger partial charge in [0.1, 0.15) is 6.10 Å². The third-order valence-corrected chi connectivity index (χ3v) is 4.95. The van der Waals surface area contributed by atoms with E-state index in [1.807, 2.05) is 30.3 Å². The maximum absolute atomic E-state index is 12.3. The number of hydrogen-bond acceptors (Lipinski definition) is 3. The molecule has 0 bridgehead atoms. The highest BCUT2D eigenvalue weighted by Gasteiger charge is 2.32. The summed E-state index contributed by atoms with van der Waals surface area (Å²) in [5, 5.41) is 15.0. The average Bonchev–Trinajstić information content (AvgIpc) is 3.04. The topological polar surface area (TPSA) is 87.7 Å². The normalized spacial score (nSPS) is 29.8. The highest BCUT2D eigenvalue weighted by atomic mass is 16.5. The molecule has 0 radical (unpaired) electrons. The summed E-state index contributed by atoms with van der Waals surface area (Å²) in [4.78, 5) is 23.2. The van der Waals surface area contributed by atoms with Gasteiger partial charge in [0, 0.05) is 12.6 Å². The van der Waals surface area contributed by atoms with E-state index in [1.165, 1.54) is 0 Å². The summed E-state index contributed by atoms with van der Waals surface area (Å²) < 4.78 is 5.78. The summed E-state index contributed by atoms with van der Waals surface area (Å²) in [5.41, 5.74) is 1.07. The number of ether oxygens (including phenoxy) is 1. The summed E-state index contributed by atoms with van der Waals surface area (Å²) in [5.74, 6) is -0.997. The van der Waals surface area contributed by atoms with Gasteiger partial charge in [-0.2, -0.15) is 0 Å². The fourth-order valence-corrected chi connectivity index (χ4v) is 3.59. The van der Waals surface area contributed by atoms with Crippen LogP contribution in [0, 0.1) is 5.92 Å². The van der Waals surface area contributed by atoms with Crippen LogP contribution in [-0.2, 0) is 9.53 Å². The predicted molar refractivity (Wildman–Crippen MR) is 88.6 cm³/mol. The lowest BCUT2D eigenvalue weighted by Crippen LogP contribution is -2.48. The molecule has 1 saturated heterocycles. The summed E-state index contributed by atoms with van der Waals surface area (Å²) >= 11 is 0. The standard InChI is InChI=1S/C18H24N2O4/c21-17(22)13-6-8-14(9-7-13)19-18(23)20-15-10-11-24-16(15)12-4-2-1-3-5-12/h1-5,13-16H,6-11H2,(H,21,22)(H2,19,20,23). The van der Waals surface area contributed by atoms with Crippen LogP contribution in [0.2, 0.25) is 0 Å². The van der Waals surface area contributed by atoms with Crippen LogP contribution in [-0.4, -0.2) is 35.8 Å². The smallest absolute Gasteiger partial charge is 0.315 e. The maximum Gasteiger partial charge on any atom is 0.315 e. The van der Waals surface area contributed by atoms with Gasteiger partial charge in [0.2, 0.25) is 0 Å². The zero-order valence-electron chi connectivity index (χ0n) is 13.6. The summed E-state index contributed by atoms with van der Waals surface area (Å²) in [6.07, 6.45) is 3.36. The molecule has 6 nitrogen and oxygen atoms in total. The molecule has 2 unspecified atom stereocenters. The third kappa shape index (κ3) is 4.06. The van der Waals surface area contributed by atoms with Crippen molar-refractivity contribution in [3.8, 4) is 0 Å². The molecule has 6 heteroatoms. The number of aliphatic carboxylic acids is 1. The Kier molecular flexibility index (Phi) is 5.35. The largest absolute Gasteiger partial charge is 0.481 e. The Labute approximate surface area is 141 Å². The number of carbonyl (C=O) groups is 2. The van der Waals surface area contributed by atoms with Crippen LogP contribution in [0.5, 0.6) is 0 Å². The first-order valence-electron chi connectivity index (χ1n) is 8.60. The summed E-state index contributed by atoms with van der Waals surface area (Å²) in [6.45, 7) is 0.633. The van der Waals surface area contributed by atoms with Crippen LogP contribution < -0.4 is 10.6 Å². The van der Waals surface area contributed by atoms with Gasteiger partial charge in [-0.3, -0.25) is 4.79 Å². The van der Waals surface area contributed by atoms with Crippen molar-refractivity contribution >= 4 is 12.0 Å². The van der Waals surface area contributed by atoms with Gasteiger partial charge in [-0.15, -0.1) is 0 Å². The van der Waals surface area contributed by atoms with Gasteiger partial charge in [0.05, 0.1) is 12.0 Å². The van der Waals surface area contributed by atoms with E-state index in [4.69, 9.17) is 9.84 Å². The van der Waals surface area contributed by atoms with Gasteiger partial charge in [-0.1, -0.05) is 30.3 Å². The maximum atomic E-state index is 12.3. The molecule has 1 aliphatic heterocycles. The molecule has 0 aromatic heterocycles. The zero-order valence-corrected chi connectivity index (χ0v) is 13.6. The number of carboxylic acids is 1. The number of nitrogens with one attached hydrogen (secondary N) is 2. The first kappa shape index (κ1) is 16.8. The molecule has 24 heavy (non-hydrogen) atoms. The Morgan fingerprint density at radius 2 is 1.71 bits per heavy atom. The van der Waals surface area contributed by atoms with Crippen molar-refractivity contribution in [3.63, 3.8) is 0 Å². The van der Waals surface area contributed by atoms with E-state index in [1.54, 1.807) is 0 Å². The second kappa shape index (κ2) is 7.66. The van der Waals surface area contributed by atoms with Crippen LogP contribution >= 0.6 is 0 Å². The number of carboxylic acid groups (broad SMARTS) is 1. The second-order valence-corrected chi connectivity index (χ2v) is 6.60. The van der Waals surface area contributed by atoms with Crippen molar-refractivity contribution < 1.29 is 19.4 Å². The summed E-state index contributed by atoms with van der Waals surface area (Å²) in [7, 11) is 0. The molecule has 3 rings (SSSR count). The van der Waals surface area contributed by atoms with Crippen LogP contribution in [0.3, 0.4) is 0 Å². The van der Waals surface area contributed by atoms with Gasteiger partial charge >= 0.3 is 12.0 Å². The number of carbonyl (C=O) groups excluding carboxylic acids is 1. The molecular formula is C18H24N2O4.